The van der Waals surface area contributed by atoms with E-state index < -0.39 is 5.60 Å². The second-order valence-electron chi connectivity index (χ2n) is 7.06. The zero-order valence-electron chi connectivity index (χ0n) is 14.1. The molecule has 0 radical (unpaired) electrons. The number of ether oxygens (including phenoxy) is 1. The van der Waals surface area contributed by atoms with Crippen LogP contribution in [0.1, 0.15) is 45.7 Å². The first-order chi connectivity index (χ1) is 10.8. The summed E-state index contributed by atoms with van der Waals surface area (Å²) in [4.78, 5) is 12.0. The summed E-state index contributed by atoms with van der Waals surface area (Å²) in [5, 5.41) is 23.1. The highest BCUT2D eigenvalue weighted by molar-refractivity contribution is 5.69. The Morgan fingerprint density at radius 3 is 2.78 bits per heavy atom. The zero-order valence-corrected chi connectivity index (χ0v) is 14.1. The molecule has 1 aliphatic carbocycles. The molecule has 8 heteroatoms. The van der Waals surface area contributed by atoms with Gasteiger partial charge in [-0.25, -0.2) is 9.48 Å². The van der Waals surface area contributed by atoms with Gasteiger partial charge in [0, 0.05) is 19.3 Å². The first kappa shape index (κ1) is 17.7. The molecular weight excluding hydrogens is 298 g/mol. The molecule has 3 N–H and O–H groups in total. The van der Waals surface area contributed by atoms with E-state index >= 15 is 0 Å². The first-order valence-corrected chi connectivity index (χ1v) is 8.04. The molecule has 1 aliphatic rings. The lowest BCUT2D eigenvalue weighted by molar-refractivity contribution is 0.0382. The molecule has 1 saturated carbocycles. The predicted molar refractivity (Wildman–Crippen MR) is 84.8 cm³/mol. The second-order valence-corrected chi connectivity index (χ2v) is 7.06. The maximum Gasteiger partial charge on any atom is 0.408 e. The summed E-state index contributed by atoms with van der Waals surface area (Å²) in [6.45, 7) is 7.29. The van der Waals surface area contributed by atoms with Gasteiger partial charge in [-0.2, -0.15) is 0 Å². The molecule has 0 unspecified atom stereocenters. The Morgan fingerprint density at radius 1 is 1.48 bits per heavy atom. The summed E-state index contributed by atoms with van der Waals surface area (Å²) < 4.78 is 6.94. The average molecular weight is 325 g/mol. The van der Waals surface area contributed by atoms with Crippen LogP contribution in [0, 0.1) is 0 Å². The van der Waals surface area contributed by atoms with Crippen molar-refractivity contribution >= 4 is 6.09 Å². The summed E-state index contributed by atoms with van der Waals surface area (Å²) in [6.07, 6.45) is 4.42. The number of hydrogen-bond acceptors (Lipinski definition) is 6. The number of alkyl carbamates (subject to hydrolysis) is 1. The molecule has 0 spiro atoms. The SMILES string of the molecule is CC(C)(C)OC(=O)NC1(CNCc2cn(CCO)nn2)CCC1. The lowest BCUT2D eigenvalue weighted by Gasteiger charge is -2.42. The van der Waals surface area contributed by atoms with E-state index in [1.165, 1.54) is 0 Å². The largest absolute Gasteiger partial charge is 0.444 e. The van der Waals surface area contributed by atoms with E-state index in [0.717, 1.165) is 25.0 Å². The molecule has 0 aromatic carbocycles. The number of carbonyl (C=O) groups excluding carboxylic acids is 1. The lowest BCUT2D eigenvalue weighted by atomic mass is 9.76. The first-order valence-electron chi connectivity index (χ1n) is 8.04. The minimum atomic E-state index is -0.492. The van der Waals surface area contributed by atoms with Gasteiger partial charge < -0.3 is 20.5 Å². The maximum absolute atomic E-state index is 12.0. The van der Waals surface area contributed by atoms with Gasteiger partial charge >= 0.3 is 6.09 Å². The van der Waals surface area contributed by atoms with Gasteiger partial charge in [-0.1, -0.05) is 5.21 Å². The minimum Gasteiger partial charge on any atom is -0.444 e. The fourth-order valence-electron chi connectivity index (χ4n) is 2.53. The van der Waals surface area contributed by atoms with Gasteiger partial charge in [-0.3, -0.25) is 0 Å². The third-order valence-electron chi connectivity index (χ3n) is 3.76. The Kier molecular flexibility index (Phi) is 5.59. The monoisotopic (exact) mass is 325 g/mol. The molecule has 0 saturated heterocycles. The smallest absolute Gasteiger partial charge is 0.408 e. The summed E-state index contributed by atoms with van der Waals surface area (Å²) >= 11 is 0. The number of rotatable bonds is 7. The molecule has 1 amide bonds. The molecule has 8 nitrogen and oxygen atoms in total. The Labute approximate surface area is 136 Å². The van der Waals surface area contributed by atoms with Crippen molar-refractivity contribution in [2.24, 2.45) is 0 Å². The number of aliphatic hydroxyl groups is 1. The summed E-state index contributed by atoms with van der Waals surface area (Å²) in [7, 11) is 0. The van der Waals surface area contributed by atoms with Gasteiger partial charge in [0.2, 0.25) is 0 Å². The van der Waals surface area contributed by atoms with Crippen LogP contribution in [0.2, 0.25) is 0 Å². The third kappa shape index (κ3) is 5.47. The van der Waals surface area contributed by atoms with Gasteiger partial charge in [0.1, 0.15) is 5.60 Å². The minimum absolute atomic E-state index is 0.0408. The van der Waals surface area contributed by atoms with Crippen molar-refractivity contribution in [2.45, 2.75) is 64.3 Å². The van der Waals surface area contributed by atoms with Crippen LogP contribution in [0.25, 0.3) is 0 Å². The van der Waals surface area contributed by atoms with Crippen molar-refractivity contribution in [2.75, 3.05) is 13.2 Å². The molecule has 2 rings (SSSR count). The molecule has 130 valence electrons. The van der Waals surface area contributed by atoms with Gasteiger partial charge in [0.15, 0.2) is 0 Å². The van der Waals surface area contributed by atoms with Crippen molar-refractivity contribution in [3.05, 3.63) is 11.9 Å². The van der Waals surface area contributed by atoms with Gasteiger partial charge in [-0.05, 0) is 40.0 Å². The zero-order chi connectivity index (χ0) is 16.9. The second kappa shape index (κ2) is 7.27. The van der Waals surface area contributed by atoms with E-state index in [9.17, 15) is 4.79 Å². The maximum atomic E-state index is 12.0. The van der Waals surface area contributed by atoms with Crippen LogP contribution >= 0.6 is 0 Å². The number of nitrogens with zero attached hydrogens (tertiary/aromatic N) is 3. The third-order valence-corrected chi connectivity index (χ3v) is 3.76. The highest BCUT2D eigenvalue weighted by Gasteiger charge is 2.39. The molecule has 1 heterocycles. The van der Waals surface area contributed by atoms with E-state index in [4.69, 9.17) is 9.84 Å². The summed E-state index contributed by atoms with van der Waals surface area (Å²) in [5.41, 5.74) is 0.0852. The summed E-state index contributed by atoms with van der Waals surface area (Å²) in [5.74, 6) is 0. The number of amides is 1. The van der Waals surface area contributed by atoms with E-state index in [1.54, 1.807) is 10.9 Å². The predicted octanol–water partition coefficient (Wildman–Crippen LogP) is 0.807. The molecule has 1 aromatic heterocycles. The van der Waals surface area contributed by atoms with E-state index in [2.05, 4.69) is 20.9 Å². The number of aromatic nitrogens is 3. The van der Waals surface area contributed by atoms with Gasteiger partial charge in [0.25, 0.3) is 0 Å². The Balaban J connectivity index is 1.78. The van der Waals surface area contributed by atoms with Crippen LogP contribution in [0.5, 0.6) is 0 Å². The van der Waals surface area contributed by atoms with Crippen molar-refractivity contribution in [3.8, 4) is 0 Å². The van der Waals surface area contributed by atoms with E-state index in [1.807, 2.05) is 20.8 Å². The average Bonchev–Trinajstić information content (AvgIpc) is 2.81. The fourth-order valence-corrected chi connectivity index (χ4v) is 2.53. The Morgan fingerprint density at radius 2 is 2.22 bits per heavy atom. The number of carbonyl (C=O) groups is 1. The Bertz CT molecular complexity index is 519. The highest BCUT2D eigenvalue weighted by Crippen LogP contribution is 2.31. The van der Waals surface area contributed by atoms with Crippen molar-refractivity contribution in [1.29, 1.82) is 0 Å². The standard InChI is InChI=1S/C15H27N5O3/c1-14(2,3)23-13(22)17-15(5-4-6-15)11-16-9-12-10-20(7-8-21)19-18-12/h10,16,21H,4-9,11H2,1-3H3,(H,17,22). The normalized spacial score (nSPS) is 16.7. The van der Waals surface area contributed by atoms with Crippen LogP contribution in [-0.4, -0.2) is 50.5 Å². The lowest BCUT2D eigenvalue weighted by Crippen LogP contribution is -2.59. The van der Waals surface area contributed by atoms with Crippen molar-refractivity contribution in [3.63, 3.8) is 0 Å². The number of nitrogens with one attached hydrogen (secondary N) is 2. The highest BCUT2D eigenvalue weighted by atomic mass is 16.6. The van der Waals surface area contributed by atoms with Crippen molar-refractivity contribution in [1.82, 2.24) is 25.6 Å². The molecular formula is C15H27N5O3. The van der Waals surface area contributed by atoms with E-state index in [-0.39, 0.29) is 18.2 Å². The van der Waals surface area contributed by atoms with Gasteiger partial charge in [0.05, 0.1) is 24.4 Å². The van der Waals surface area contributed by atoms with Crippen molar-refractivity contribution < 1.29 is 14.6 Å². The van der Waals surface area contributed by atoms with Crippen LogP contribution in [0.4, 0.5) is 4.79 Å². The van der Waals surface area contributed by atoms with Crippen LogP contribution in [0.3, 0.4) is 0 Å². The summed E-state index contributed by atoms with van der Waals surface area (Å²) in [6, 6.07) is 0. The quantitative estimate of drug-likeness (QED) is 0.686. The fraction of sp³-hybridized carbons (Fsp3) is 0.800. The van der Waals surface area contributed by atoms with Crippen LogP contribution in [0.15, 0.2) is 6.20 Å². The molecule has 0 bridgehead atoms. The van der Waals surface area contributed by atoms with Crippen LogP contribution < -0.4 is 10.6 Å². The number of hydrogen-bond donors (Lipinski definition) is 3. The molecule has 0 aliphatic heterocycles. The van der Waals surface area contributed by atoms with E-state index in [0.29, 0.717) is 19.6 Å². The van der Waals surface area contributed by atoms with Crippen LogP contribution in [-0.2, 0) is 17.8 Å². The molecule has 0 atom stereocenters. The molecule has 1 aromatic rings. The topological polar surface area (TPSA) is 101 Å². The van der Waals surface area contributed by atoms with Gasteiger partial charge in [-0.15, -0.1) is 5.10 Å². The number of aliphatic hydroxyl groups excluding tert-OH is 1. The molecule has 23 heavy (non-hydrogen) atoms. The Hall–Kier alpha value is -1.67. The molecule has 1 fully saturated rings.